The first-order valence-corrected chi connectivity index (χ1v) is 6.58. The summed E-state index contributed by atoms with van der Waals surface area (Å²) in [5, 5.41) is 9.38. The Kier molecular flexibility index (Phi) is 4.82. The summed E-state index contributed by atoms with van der Waals surface area (Å²) in [6.07, 6.45) is 3.69. The quantitative estimate of drug-likeness (QED) is 0.866. The highest BCUT2D eigenvalue weighted by Gasteiger charge is 2.13. The second kappa shape index (κ2) is 6.59. The molecule has 4 nitrogen and oxygen atoms in total. The van der Waals surface area contributed by atoms with Gasteiger partial charge in [0.15, 0.2) is 0 Å². The summed E-state index contributed by atoms with van der Waals surface area (Å²) in [5.41, 5.74) is 1.81. The van der Waals surface area contributed by atoms with Gasteiger partial charge in [-0.2, -0.15) is 0 Å². The summed E-state index contributed by atoms with van der Waals surface area (Å²) in [7, 11) is 0. The van der Waals surface area contributed by atoms with Gasteiger partial charge in [-0.25, -0.2) is 4.79 Å². The van der Waals surface area contributed by atoms with E-state index >= 15 is 0 Å². The lowest BCUT2D eigenvalue weighted by Crippen LogP contribution is -2.26. The summed E-state index contributed by atoms with van der Waals surface area (Å²) in [5.74, 6) is -0.958. The van der Waals surface area contributed by atoms with Crippen LogP contribution in [0.3, 0.4) is 0 Å². The fourth-order valence-electron chi connectivity index (χ4n) is 2.08. The highest BCUT2D eigenvalue weighted by Crippen LogP contribution is 2.27. The topological polar surface area (TPSA) is 49.8 Å². The van der Waals surface area contributed by atoms with Gasteiger partial charge in [-0.15, -0.1) is 0 Å². The molecular weight excluding hydrogens is 266 g/mol. The number of benzene rings is 1. The van der Waals surface area contributed by atoms with Crippen molar-refractivity contribution in [3.8, 4) is 0 Å². The molecule has 1 aromatic carbocycles. The molecule has 1 saturated heterocycles. The molecule has 1 aliphatic heterocycles. The number of nitrogens with zero attached hydrogens (tertiary/aromatic N) is 1. The zero-order valence-corrected chi connectivity index (χ0v) is 11.3. The Morgan fingerprint density at radius 3 is 3.00 bits per heavy atom. The molecular formula is C14H16ClNO3. The van der Waals surface area contributed by atoms with Crippen molar-refractivity contribution in [2.45, 2.75) is 6.42 Å². The summed E-state index contributed by atoms with van der Waals surface area (Å²) in [6, 6.07) is 5.47. The van der Waals surface area contributed by atoms with Gasteiger partial charge in [-0.1, -0.05) is 17.7 Å². The summed E-state index contributed by atoms with van der Waals surface area (Å²) in [4.78, 5) is 12.8. The normalized spacial score (nSPS) is 16.6. The van der Waals surface area contributed by atoms with Gasteiger partial charge in [-0.05, 0) is 30.2 Å². The van der Waals surface area contributed by atoms with Crippen molar-refractivity contribution in [3.63, 3.8) is 0 Å². The van der Waals surface area contributed by atoms with Crippen LogP contribution in [0.2, 0.25) is 5.02 Å². The molecule has 0 unspecified atom stereocenters. The van der Waals surface area contributed by atoms with Crippen LogP contribution in [0, 0.1) is 0 Å². The van der Waals surface area contributed by atoms with Crippen molar-refractivity contribution in [3.05, 3.63) is 34.9 Å². The minimum atomic E-state index is -0.958. The molecule has 102 valence electrons. The number of carboxylic acids is 1. The van der Waals surface area contributed by atoms with E-state index in [0.29, 0.717) is 11.6 Å². The van der Waals surface area contributed by atoms with Crippen LogP contribution < -0.4 is 4.90 Å². The van der Waals surface area contributed by atoms with E-state index in [2.05, 4.69) is 4.90 Å². The van der Waals surface area contributed by atoms with Crippen LogP contribution in [-0.2, 0) is 9.53 Å². The van der Waals surface area contributed by atoms with Crippen molar-refractivity contribution >= 4 is 29.3 Å². The maximum atomic E-state index is 10.6. The summed E-state index contributed by atoms with van der Waals surface area (Å²) < 4.78 is 5.43. The van der Waals surface area contributed by atoms with Gasteiger partial charge < -0.3 is 14.7 Å². The van der Waals surface area contributed by atoms with Crippen molar-refractivity contribution in [2.75, 3.05) is 31.2 Å². The number of hydrogen-bond acceptors (Lipinski definition) is 3. The number of anilines is 1. The first-order chi connectivity index (χ1) is 9.16. The predicted octanol–water partition coefficient (Wildman–Crippen LogP) is 2.66. The van der Waals surface area contributed by atoms with E-state index in [1.165, 1.54) is 0 Å². The zero-order valence-electron chi connectivity index (χ0n) is 10.5. The van der Waals surface area contributed by atoms with Crippen LogP contribution in [0.4, 0.5) is 5.69 Å². The molecule has 1 heterocycles. The molecule has 0 atom stereocenters. The zero-order chi connectivity index (χ0) is 13.7. The van der Waals surface area contributed by atoms with Crippen LogP contribution in [0.15, 0.2) is 24.3 Å². The largest absolute Gasteiger partial charge is 0.478 e. The Morgan fingerprint density at radius 1 is 1.37 bits per heavy atom. The van der Waals surface area contributed by atoms with Crippen LogP contribution in [0.5, 0.6) is 0 Å². The van der Waals surface area contributed by atoms with E-state index in [9.17, 15) is 4.79 Å². The lowest BCUT2D eigenvalue weighted by atomic mass is 10.1. The van der Waals surface area contributed by atoms with E-state index < -0.39 is 5.97 Å². The third-order valence-electron chi connectivity index (χ3n) is 2.96. The fourth-order valence-corrected chi connectivity index (χ4v) is 2.25. The molecule has 19 heavy (non-hydrogen) atoms. The molecule has 0 saturated carbocycles. The Morgan fingerprint density at radius 2 is 2.21 bits per heavy atom. The molecule has 0 aliphatic carbocycles. The average Bonchev–Trinajstić information content (AvgIpc) is 2.65. The van der Waals surface area contributed by atoms with Crippen LogP contribution in [0.1, 0.15) is 12.0 Å². The third-order valence-corrected chi connectivity index (χ3v) is 3.20. The van der Waals surface area contributed by atoms with Crippen LogP contribution in [-0.4, -0.2) is 37.4 Å². The van der Waals surface area contributed by atoms with E-state index in [-0.39, 0.29) is 0 Å². The third kappa shape index (κ3) is 3.98. The van der Waals surface area contributed by atoms with E-state index in [4.69, 9.17) is 21.4 Å². The van der Waals surface area contributed by atoms with Gasteiger partial charge in [0, 0.05) is 36.5 Å². The van der Waals surface area contributed by atoms with Crippen LogP contribution in [0.25, 0.3) is 6.08 Å². The number of carboxylic acid groups (broad SMARTS) is 1. The molecule has 1 fully saturated rings. The second-order valence-electron chi connectivity index (χ2n) is 4.33. The molecule has 5 heteroatoms. The predicted molar refractivity (Wildman–Crippen MR) is 75.8 cm³/mol. The second-order valence-corrected chi connectivity index (χ2v) is 4.76. The van der Waals surface area contributed by atoms with Crippen LogP contribution >= 0.6 is 11.6 Å². The molecule has 0 spiro atoms. The van der Waals surface area contributed by atoms with Gasteiger partial charge in [0.1, 0.15) is 0 Å². The first kappa shape index (κ1) is 13.9. The number of ether oxygens (including phenoxy) is 1. The first-order valence-electron chi connectivity index (χ1n) is 6.20. The van der Waals surface area contributed by atoms with Gasteiger partial charge in [0.25, 0.3) is 0 Å². The molecule has 1 N–H and O–H groups in total. The Labute approximate surface area is 117 Å². The molecule has 0 bridgehead atoms. The van der Waals surface area contributed by atoms with Crippen molar-refractivity contribution in [1.82, 2.24) is 0 Å². The monoisotopic (exact) mass is 281 g/mol. The average molecular weight is 282 g/mol. The molecule has 0 aromatic heterocycles. The molecule has 2 rings (SSSR count). The van der Waals surface area contributed by atoms with Crippen molar-refractivity contribution < 1.29 is 14.6 Å². The smallest absolute Gasteiger partial charge is 0.328 e. The van der Waals surface area contributed by atoms with Gasteiger partial charge in [0.2, 0.25) is 0 Å². The van der Waals surface area contributed by atoms with E-state index in [0.717, 1.165) is 43.4 Å². The highest BCUT2D eigenvalue weighted by atomic mass is 35.5. The number of aliphatic carboxylic acids is 1. The maximum Gasteiger partial charge on any atom is 0.328 e. The SMILES string of the molecule is O=C(O)/C=C/c1ccc(Cl)cc1N1CCCOCC1. The van der Waals surface area contributed by atoms with Gasteiger partial charge in [0.05, 0.1) is 6.61 Å². The minimum absolute atomic E-state index is 0.646. The Hall–Kier alpha value is -1.52. The highest BCUT2D eigenvalue weighted by molar-refractivity contribution is 6.31. The van der Waals surface area contributed by atoms with Crippen molar-refractivity contribution in [1.29, 1.82) is 0 Å². The number of halogens is 1. The maximum absolute atomic E-state index is 10.6. The lowest BCUT2D eigenvalue weighted by Gasteiger charge is -2.24. The Bertz CT molecular complexity index is 480. The molecule has 1 aliphatic rings. The van der Waals surface area contributed by atoms with E-state index in [1.807, 2.05) is 12.1 Å². The molecule has 0 amide bonds. The Balaban J connectivity index is 2.30. The van der Waals surface area contributed by atoms with Crippen molar-refractivity contribution in [2.24, 2.45) is 0 Å². The number of hydrogen-bond donors (Lipinski definition) is 1. The molecule has 1 aromatic rings. The summed E-state index contributed by atoms with van der Waals surface area (Å²) in [6.45, 7) is 3.11. The fraction of sp³-hybridized carbons (Fsp3) is 0.357. The lowest BCUT2D eigenvalue weighted by molar-refractivity contribution is -0.131. The standard InChI is InChI=1S/C14H16ClNO3/c15-12-4-2-11(3-5-14(17)18)13(10-12)16-6-1-8-19-9-7-16/h2-5,10H,1,6-9H2,(H,17,18)/b5-3+. The molecule has 0 radical (unpaired) electrons. The number of carbonyl (C=O) groups is 1. The number of rotatable bonds is 3. The van der Waals surface area contributed by atoms with Gasteiger partial charge >= 0.3 is 5.97 Å². The minimum Gasteiger partial charge on any atom is -0.478 e. The van der Waals surface area contributed by atoms with Gasteiger partial charge in [-0.3, -0.25) is 0 Å². The summed E-state index contributed by atoms with van der Waals surface area (Å²) >= 11 is 6.04. The van der Waals surface area contributed by atoms with E-state index in [1.54, 1.807) is 12.1 Å².